The van der Waals surface area contributed by atoms with Gasteiger partial charge in [-0.25, -0.2) is 13.1 Å². The zero-order valence-electron chi connectivity index (χ0n) is 14.1. The van der Waals surface area contributed by atoms with Gasteiger partial charge in [0.2, 0.25) is 10.0 Å². The van der Waals surface area contributed by atoms with Crippen molar-refractivity contribution in [3.63, 3.8) is 0 Å². The van der Waals surface area contributed by atoms with Gasteiger partial charge in [0, 0.05) is 18.2 Å². The second kappa shape index (κ2) is 8.19. The third-order valence-corrected chi connectivity index (χ3v) is 6.25. The molecule has 0 spiro atoms. The summed E-state index contributed by atoms with van der Waals surface area (Å²) in [5.41, 5.74) is -1.71. The smallest absolute Gasteiger partial charge is 0.312 e. The summed E-state index contributed by atoms with van der Waals surface area (Å²) in [6, 6.07) is 0.640. The lowest BCUT2D eigenvalue weighted by Crippen LogP contribution is -2.30. The van der Waals surface area contributed by atoms with Crippen molar-refractivity contribution in [2.24, 2.45) is 0 Å². The fourth-order valence-corrected chi connectivity index (χ4v) is 4.68. The van der Waals surface area contributed by atoms with Crippen LogP contribution in [0.4, 0.5) is 11.4 Å². The molecule has 11 heteroatoms. The van der Waals surface area contributed by atoms with Crippen LogP contribution in [0.2, 0.25) is 5.02 Å². The molecule has 1 aliphatic rings. The third-order valence-electron chi connectivity index (χ3n) is 4.19. The fourth-order valence-electron chi connectivity index (χ4n) is 3.01. The Hall–Kier alpha value is -1.91. The molecule has 0 amide bonds. The standard InChI is InChI=1S/C15H20ClN3O6S/c1-2-17-26(24,25)11-8-10(15(20)21)13(14(12(11)16)19(22)23)18-9-6-4-3-5-7-9/h8-9,17-18H,2-7H2,1H3,(H,20,21)/p-1. The number of rotatable bonds is 7. The minimum absolute atomic E-state index is 0.00912. The summed E-state index contributed by atoms with van der Waals surface area (Å²) in [7, 11) is -4.21. The summed E-state index contributed by atoms with van der Waals surface area (Å²) in [4.78, 5) is 21.6. The summed E-state index contributed by atoms with van der Waals surface area (Å²) in [5, 5.41) is 25.3. The molecule has 0 aliphatic heterocycles. The number of anilines is 1. The van der Waals surface area contributed by atoms with Gasteiger partial charge in [0.05, 0.1) is 10.9 Å². The number of hydrogen-bond donors (Lipinski definition) is 2. The largest absolute Gasteiger partial charge is 0.545 e. The Bertz CT molecular complexity index is 821. The first-order valence-corrected chi connectivity index (χ1v) is 10.0. The van der Waals surface area contributed by atoms with Gasteiger partial charge in [0.25, 0.3) is 0 Å². The Morgan fingerprint density at radius 2 is 1.96 bits per heavy atom. The van der Waals surface area contributed by atoms with E-state index in [2.05, 4.69) is 10.0 Å². The Balaban J connectivity index is 2.67. The lowest BCUT2D eigenvalue weighted by molar-refractivity contribution is -0.384. The van der Waals surface area contributed by atoms with Gasteiger partial charge < -0.3 is 15.2 Å². The van der Waals surface area contributed by atoms with Crippen molar-refractivity contribution in [2.45, 2.75) is 50.0 Å². The summed E-state index contributed by atoms with van der Waals surface area (Å²) in [6.07, 6.45) is 4.30. The average Bonchev–Trinajstić information content (AvgIpc) is 2.55. The Kier molecular flexibility index (Phi) is 6.43. The van der Waals surface area contributed by atoms with E-state index >= 15 is 0 Å². The maximum atomic E-state index is 12.3. The minimum atomic E-state index is -4.21. The molecule has 1 aromatic carbocycles. The van der Waals surface area contributed by atoms with Crippen LogP contribution >= 0.6 is 11.6 Å². The van der Waals surface area contributed by atoms with Gasteiger partial charge in [-0.3, -0.25) is 10.1 Å². The quantitative estimate of drug-likeness (QED) is 0.519. The van der Waals surface area contributed by atoms with Crippen molar-refractivity contribution in [3.8, 4) is 0 Å². The van der Waals surface area contributed by atoms with Gasteiger partial charge in [-0.1, -0.05) is 37.8 Å². The first-order valence-electron chi connectivity index (χ1n) is 8.17. The molecule has 2 rings (SSSR count). The molecule has 1 fully saturated rings. The summed E-state index contributed by atoms with van der Waals surface area (Å²) < 4.78 is 26.6. The van der Waals surface area contributed by atoms with Crippen LogP contribution in [0.1, 0.15) is 49.4 Å². The van der Waals surface area contributed by atoms with E-state index in [1.165, 1.54) is 6.92 Å². The molecular formula is C15H19ClN3O6S-. The van der Waals surface area contributed by atoms with E-state index < -0.39 is 42.1 Å². The molecule has 0 unspecified atom stereocenters. The Labute approximate surface area is 155 Å². The van der Waals surface area contributed by atoms with Crippen LogP contribution in [0.25, 0.3) is 0 Å². The fraction of sp³-hybridized carbons (Fsp3) is 0.533. The predicted molar refractivity (Wildman–Crippen MR) is 93.8 cm³/mol. The number of halogens is 1. The predicted octanol–water partition coefficient (Wildman–Crippen LogP) is 1.65. The molecule has 144 valence electrons. The Morgan fingerprint density at radius 1 is 1.35 bits per heavy atom. The van der Waals surface area contributed by atoms with Crippen molar-refractivity contribution >= 4 is 39.0 Å². The van der Waals surface area contributed by atoms with Crippen LogP contribution < -0.4 is 15.1 Å². The molecule has 0 atom stereocenters. The zero-order chi connectivity index (χ0) is 19.5. The van der Waals surface area contributed by atoms with Crippen molar-refractivity contribution in [1.82, 2.24) is 4.72 Å². The van der Waals surface area contributed by atoms with E-state index in [1.54, 1.807) is 0 Å². The van der Waals surface area contributed by atoms with E-state index in [0.29, 0.717) is 0 Å². The maximum absolute atomic E-state index is 12.3. The van der Waals surface area contributed by atoms with E-state index in [1.807, 2.05) is 0 Å². The number of nitro groups is 1. The SMILES string of the molecule is CCNS(=O)(=O)c1cc(C(=O)[O-])c(NC2CCCCC2)c([N+](=O)[O-])c1Cl. The van der Waals surface area contributed by atoms with Crippen LogP contribution in [-0.2, 0) is 10.0 Å². The molecule has 1 aliphatic carbocycles. The van der Waals surface area contributed by atoms with Crippen LogP contribution in [0.3, 0.4) is 0 Å². The normalized spacial score (nSPS) is 15.6. The number of hydrogen-bond acceptors (Lipinski definition) is 7. The molecule has 26 heavy (non-hydrogen) atoms. The number of carboxylic acids is 1. The van der Waals surface area contributed by atoms with Crippen LogP contribution in [0.15, 0.2) is 11.0 Å². The number of carbonyl (C=O) groups is 1. The van der Waals surface area contributed by atoms with E-state index in [4.69, 9.17) is 11.6 Å². The molecule has 1 saturated carbocycles. The van der Waals surface area contributed by atoms with Crippen LogP contribution in [0.5, 0.6) is 0 Å². The number of nitrogens with zero attached hydrogens (tertiary/aromatic N) is 1. The number of nitro benzene ring substituents is 1. The van der Waals surface area contributed by atoms with Gasteiger partial charge in [-0.2, -0.15) is 0 Å². The molecule has 1 aromatic rings. The molecular weight excluding hydrogens is 386 g/mol. The van der Waals surface area contributed by atoms with E-state index in [9.17, 15) is 28.4 Å². The lowest BCUT2D eigenvalue weighted by Gasteiger charge is -2.26. The highest BCUT2D eigenvalue weighted by molar-refractivity contribution is 7.89. The lowest BCUT2D eigenvalue weighted by atomic mass is 9.95. The number of benzene rings is 1. The summed E-state index contributed by atoms with van der Waals surface area (Å²) in [5.74, 6) is -1.73. The first kappa shape index (κ1) is 20.4. The van der Waals surface area contributed by atoms with Crippen LogP contribution in [0, 0.1) is 10.1 Å². The summed E-state index contributed by atoms with van der Waals surface area (Å²) >= 11 is 6.01. The molecule has 0 radical (unpaired) electrons. The third kappa shape index (κ3) is 4.25. The molecule has 0 saturated heterocycles. The van der Waals surface area contributed by atoms with E-state index in [-0.39, 0.29) is 18.3 Å². The monoisotopic (exact) mass is 404 g/mol. The number of carboxylic acid groups (broad SMARTS) is 1. The highest BCUT2D eigenvalue weighted by Gasteiger charge is 2.32. The van der Waals surface area contributed by atoms with E-state index in [0.717, 1.165) is 38.2 Å². The highest BCUT2D eigenvalue weighted by Crippen LogP contribution is 2.41. The average molecular weight is 405 g/mol. The zero-order valence-corrected chi connectivity index (χ0v) is 15.7. The van der Waals surface area contributed by atoms with Gasteiger partial charge >= 0.3 is 5.69 Å². The van der Waals surface area contributed by atoms with Gasteiger partial charge in [-0.05, 0) is 18.9 Å². The van der Waals surface area contributed by atoms with Crippen molar-refractivity contribution in [3.05, 3.63) is 26.8 Å². The van der Waals surface area contributed by atoms with Gasteiger partial charge in [-0.15, -0.1) is 0 Å². The second-order valence-electron chi connectivity index (χ2n) is 5.99. The van der Waals surface area contributed by atoms with Gasteiger partial charge in [0.1, 0.15) is 15.6 Å². The van der Waals surface area contributed by atoms with Crippen molar-refractivity contribution < 1.29 is 23.2 Å². The van der Waals surface area contributed by atoms with Crippen molar-refractivity contribution in [2.75, 3.05) is 11.9 Å². The van der Waals surface area contributed by atoms with Gasteiger partial charge in [0.15, 0.2) is 0 Å². The van der Waals surface area contributed by atoms with Crippen LogP contribution in [-0.4, -0.2) is 31.9 Å². The topological polar surface area (TPSA) is 141 Å². The molecule has 9 nitrogen and oxygen atoms in total. The first-order chi connectivity index (χ1) is 12.2. The molecule has 0 heterocycles. The number of aromatic carboxylic acids is 1. The maximum Gasteiger partial charge on any atom is 0.312 e. The Morgan fingerprint density at radius 3 is 2.46 bits per heavy atom. The summed E-state index contributed by atoms with van der Waals surface area (Å²) in [6.45, 7) is 1.52. The molecule has 0 bridgehead atoms. The van der Waals surface area contributed by atoms with Crippen molar-refractivity contribution in [1.29, 1.82) is 0 Å². The molecule has 0 aromatic heterocycles. The number of sulfonamides is 1. The minimum Gasteiger partial charge on any atom is -0.545 e. The number of nitrogens with one attached hydrogen (secondary N) is 2. The molecule has 2 N–H and O–H groups in total. The highest BCUT2D eigenvalue weighted by atomic mass is 35.5. The second-order valence-corrected chi connectivity index (χ2v) is 8.10. The number of carbonyl (C=O) groups excluding carboxylic acids is 1.